The Hall–Kier alpha value is -2.24. The van der Waals surface area contributed by atoms with Crippen molar-refractivity contribution >= 4 is 35.4 Å². The molecule has 3 aromatic rings. The van der Waals surface area contributed by atoms with E-state index in [1.54, 1.807) is 0 Å². The Morgan fingerprint density at radius 1 is 1.19 bits per heavy atom. The second-order valence-electron chi connectivity index (χ2n) is 6.28. The van der Waals surface area contributed by atoms with Crippen molar-refractivity contribution in [1.29, 1.82) is 0 Å². The Morgan fingerprint density at radius 3 is 2.73 bits per heavy atom. The molecule has 26 heavy (non-hydrogen) atoms. The second-order valence-corrected chi connectivity index (χ2v) is 6.72. The minimum Gasteiger partial charge on any atom is -0.398 e. The number of benzene rings is 2. The van der Waals surface area contributed by atoms with Gasteiger partial charge in [0.1, 0.15) is 6.04 Å². The van der Waals surface area contributed by atoms with Crippen LogP contribution in [0.3, 0.4) is 0 Å². The van der Waals surface area contributed by atoms with Crippen molar-refractivity contribution in [2.75, 3.05) is 17.2 Å². The molecule has 5 nitrogen and oxygen atoms in total. The van der Waals surface area contributed by atoms with Crippen LogP contribution in [0.25, 0.3) is 11.4 Å². The summed E-state index contributed by atoms with van der Waals surface area (Å²) in [6.45, 7) is 3.02. The molecule has 1 unspecified atom stereocenters. The van der Waals surface area contributed by atoms with E-state index >= 15 is 0 Å². The van der Waals surface area contributed by atoms with Gasteiger partial charge in [-0.2, -0.15) is 4.98 Å². The molecular formula is C19H20Cl2N4O. The maximum Gasteiger partial charge on any atom is 0.249 e. The number of fused-ring (bicyclic) bond motifs is 1. The first-order valence-electron chi connectivity index (χ1n) is 8.37. The summed E-state index contributed by atoms with van der Waals surface area (Å²) in [5.74, 6) is 1.17. The summed E-state index contributed by atoms with van der Waals surface area (Å²) in [5, 5.41) is 4.81. The van der Waals surface area contributed by atoms with Gasteiger partial charge in [0.2, 0.25) is 11.7 Å². The van der Waals surface area contributed by atoms with E-state index in [1.807, 2.05) is 36.4 Å². The van der Waals surface area contributed by atoms with Crippen molar-refractivity contribution in [3.05, 3.63) is 58.9 Å². The normalized spacial score (nSPS) is 14.5. The lowest BCUT2D eigenvalue weighted by Gasteiger charge is -2.35. The summed E-state index contributed by atoms with van der Waals surface area (Å²) in [5.41, 5.74) is 10.2. The van der Waals surface area contributed by atoms with Crippen LogP contribution in [-0.4, -0.2) is 16.7 Å². The van der Waals surface area contributed by atoms with Crippen molar-refractivity contribution in [1.82, 2.24) is 10.1 Å². The van der Waals surface area contributed by atoms with Gasteiger partial charge in [0.25, 0.3) is 0 Å². The van der Waals surface area contributed by atoms with E-state index in [0.717, 1.165) is 36.3 Å². The van der Waals surface area contributed by atoms with E-state index in [9.17, 15) is 0 Å². The van der Waals surface area contributed by atoms with E-state index in [1.165, 1.54) is 5.56 Å². The van der Waals surface area contributed by atoms with Crippen LogP contribution in [0.2, 0.25) is 5.02 Å². The average Bonchev–Trinajstić information content (AvgIpc) is 3.12. The van der Waals surface area contributed by atoms with E-state index in [0.29, 0.717) is 16.7 Å². The minimum absolute atomic E-state index is 0. The van der Waals surface area contributed by atoms with Crippen molar-refractivity contribution in [2.24, 2.45) is 0 Å². The van der Waals surface area contributed by atoms with Gasteiger partial charge in [0.15, 0.2) is 0 Å². The van der Waals surface area contributed by atoms with Gasteiger partial charge in [-0.3, -0.25) is 0 Å². The highest BCUT2D eigenvalue weighted by Crippen LogP contribution is 2.36. The predicted molar refractivity (Wildman–Crippen MR) is 107 cm³/mol. The topological polar surface area (TPSA) is 68.2 Å². The number of nitrogens with two attached hydrogens (primary N) is 1. The molecular weight excluding hydrogens is 371 g/mol. The molecule has 0 spiro atoms. The number of hydrogen-bond donors (Lipinski definition) is 1. The molecule has 0 saturated heterocycles. The molecule has 1 atom stereocenters. The lowest BCUT2D eigenvalue weighted by molar-refractivity contribution is 0.353. The molecule has 2 aromatic carbocycles. The number of rotatable bonds is 3. The second kappa shape index (κ2) is 7.56. The first-order valence-corrected chi connectivity index (χ1v) is 8.75. The van der Waals surface area contributed by atoms with Crippen molar-refractivity contribution < 1.29 is 4.52 Å². The summed E-state index contributed by atoms with van der Waals surface area (Å²) in [6.07, 6.45) is 2.06. The summed E-state index contributed by atoms with van der Waals surface area (Å²) >= 11 is 5.94. The number of aromatic nitrogens is 2. The van der Waals surface area contributed by atoms with Crippen LogP contribution >= 0.6 is 24.0 Å². The molecule has 0 amide bonds. The fraction of sp³-hybridized carbons (Fsp3) is 0.263. The summed E-state index contributed by atoms with van der Waals surface area (Å²) in [7, 11) is 0. The largest absolute Gasteiger partial charge is 0.398 e. The zero-order valence-corrected chi connectivity index (χ0v) is 15.9. The zero-order valence-electron chi connectivity index (χ0n) is 14.4. The molecule has 0 bridgehead atoms. The summed E-state index contributed by atoms with van der Waals surface area (Å²) in [4.78, 5) is 6.87. The van der Waals surface area contributed by atoms with Gasteiger partial charge >= 0.3 is 0 Å². The number of nitrogen functional groups attached to an aromatic ring is 1. The van der Waals surface area contributed by atoms with E-state index in [-0.39, 0.29) is 18.4 Å². The molecule has 7 heteroatoms. The Bertz CT molecular complexity index is 895. The van der Waals surface area contributed by atoms with Crippen LogP contribution in [0.15, 0.2) is 47.0 Å². The molecule has 1 aliphatic heterocycles. The van der Waals surface area contributed by atoms with Crippen LogP contribution in [0.5, 0.6) is 0 Å². The van der Waals surface area contributed by atoms with E-state index in [2.05, 4.69) is 28.0 Å². The highest BCUT2D eigenvalue weighted by Gasteiger charge is 2.27. The fourth-order valence-electron chi connectivity index (χ4n) is 3.34. The maximum atomic E-state index is 6.15. The van der Waals surface area contributed by atoms with E-state index in [4.69, 9.17) is 21.9 Å². The predicted octanol–water partition coefficient (Wildman–Crippen LogP) is 4.91. The van der Waals surface area contributed by atoms with Crippen LogP contribution < -0.4 is 10.6 Å². The molecule has 1 aliphatic rings. The molecule has 4 rings (SSSR count). The Kier molecular flexibility index (Phi) is 5.39. The van der Waals surface area contributed by atoms with Gasteiger partial charge in [0, 0.05) is 28.5 Å². The number of anilines is 2. The molecule has 0 saturated carbocycles. The minimum atomic E-state index is -0.0191. The van der Waals surface area contributed by atoms with Gasteiger partial charge in [-0.05, 0) is 61.7 Å². The van der Waals surface area contributed by atoms with E-state index < -0.39 is 0 Å². The number of hydrogen-bond acceptors (Lipinski definition) is 5. The Morgan fingerprint density at radius 2 is 1.96 bits per heavy atom. The third-order valence-electron chi connectivity index (χ3n) is 4.69. The lowest BCUT2D eigenvalue weighted by Crippen LogP contribution is -2.32. The van der Waals surface area contributed by atoms with Gasteiger partial charge < -0.3 is 15.2 Å². The molecule has 0 radical (unpaired) electrons. The first-order chi connectivity index (χ1) is 12.1. The lowest BCUT2D eigenvalue weighted by atomic mass is 9.98. The molecule has 1 aromatic heterocycles. The third kappa shape index (κ3) is 3.37. The Labute approximate surface area is 163 Å². The highest BCUT2D eigenvalue weighted by molar-refractivity contribution is 6.30. The SMILES string of the molecule is CC(c1nc(-c2ccc(Cl)cc2)no1)N1CCCc2c(N)cccc21.Cl. The zero-order chi connectivity index (χ0) is 17.4. The molecule has 136 valence electrons. The molecule has 2 heterocycles. The van der Waals surface area contributed by atoms with Gasteiger partial charge in [0.05, 0.1) is 0 Å². The average molecular weight is 391 g/mol. The van der Waals surface area contributed by atoms with Crippen LogP contribution in [-0.2, 0) is 6.42 Å². The number of halogens is 2. The quantitative estimate of drug-likeness (QED) is 0.643. The first kappa shape index (κ1) is 18.5. The Balaban J connectivity index is 0.00000196. The van der Waals surface area contributed by atoms with Crippen LogP contribution in [0.1, 0.15) is 30.8 Å². The van der Waals surface area contributed by atoms with Crippen LogP contribution in [0, 0.1) is 0 Å². The summed E-state index contributed by atoms with van der Waals surface area (Å²) < 4.78 is 5.54. The van der Waals surface area contributed by atoms with Crippen molar-refractivity contribution in [3.8, 4) is 11.4 Å². The standard InChI is InChI=1S/C19H19ClN4O.ClH/c1-12(24-11-3-4-15-16(21)5-2-6-17(15)24)19-22-18(23-25-19)13-7-9-14(20)10-8-13;/h2,5-10,12H,3-4,11,21H2,1H3;1H. The van der Waals surface area contributed by atoms with Gasteiger partial charge in [-0.25, -0.2) is 0 Å². The molecule has 0 aliphatic carbocycles. The van der Waals surface area contributed by atoms with Gasteiger partial charge in [-0.15, -0.1) is 12.4 Å². The van der Waals surface area contributed by atoms with Crippen molar-refractivity contribution in [3.63, 3.8) is 0 Å². The monoisotopic (exact) mass is 390 g/mol. The highest BCUT2D eigenvalue weighted by atomic mass is 35.5. The van der Waals surface area contributed by atoms with Crippen molar-refractivity contribution in [2.45, 2.75) is 25.8 Å². The smallest absolute Gasteiger partial charge is 0.249 e. The van der Waals surface area contributed by atoms with Gasteiger partial charge in [-0.1, -0.05) is 22.8 Å². The third-order valence-corrected chi connectivity index (χ3v) is 4.94. The fourth-order valence-corrected chi connectivity index (χ4v) is 3.46. The number of nitrogens with zero attached hydrogens (tertiary/aromatic N) is 3. The van der Waals surface area contributed by atoms with Crippen LogP contribution in [0.4, 0.5) is 11.4 Å². The summed E-state index contributed by atoms with van der Waals surface area (Å²) in [6, 6.07) is 13.5. The molecule has 2 N–H and O–H groups in total. The molecule has 0 fully saturated rings. The maximum absolute atomic E-state index is 6.15.